The van der Waals surface area contributed by atoms with Gasteiger partial charge in [0.05, 0.1) is 5.52 Å². The zero-order chi connectivity index (χ0) is 14.2. The predicted molar refractivity (Wildman–Crippen MR) is 82.7 cm³/mol. The van der Waals surface area contributed by atoms with Crippen molar-refractivity contribution in [3.8, 4) is 0 Å². The molecule has 0 aliphatic rings. The fourth-order valence-electron chi connectivity index (χ4n) is 2.32. The highest BCUT2D eigenvalue weighted by Crippen LogP contribution is 2.28. The first-order chi connectivity index (χ1) is 8.84. The van der Waals surface area contributed by atoms with Crippen LogP contribution in [-0.2, 0) is 12.0 Å². The van der Waals surface area contributed by atoms with Gasteiger partial charge in [0.25, 0.3) is 0 Å². The molecule has 0 aliphatic heterocycles. The second kappa shape index (κ2) is 4.93. The molecule has 2 rings (SSSR count). The van der Waals surface area contributed by atoms with Gasteiger partial charge in [-0.15, -0.1) is 0 Å². The standard InChI is InChI=1S/C17H24N2/c1-11-7-8-14-13(10-18-6)9-15(17(3,4)5)19-16(14)12(11)2/h7-9,18H,10H2,1-6H3. The molecule has 0 unspecified atom stereocenters. The molecule has 0 saturated carbocycles. The minimum atomic E-state index is 0.0763. The van der Waals surface area contributed by atoms with Crippen molar-refractivity contribution in [1.29, 1.82) is 0 Å². The monoisotopic (exact) mass is 256 g/mol. The lowest BCUT2D eigenvalue weighted by molar-refractivity contribution is 0.570. The number of hydrogen-bond donors (Lipinski definition) is 1. The largest absolute Gasteiger partial charge is 0.316 e. The van der Waals surface area contributed by atoms with Gasteiger partial charge in [-0.05, 0) is 43.7 Å². The number of aromatic nitrogens is 1. The van der Waals surface area contributed by atoms with E-state index in [1.807, 2.05) is 7.05 Å². The van der Waals surface area contributed by atoms with Crippen LogP contribution in [0.15, 0.2) is 18.2 Å². The van der Waals surface area contributed by atoms with Gasteiger partial charge in [0.1, 0.15) is 0 Å². The van der Waals surface area contributed by atoms with E-state index in [2.05, 4.69) is 58.1 Å². The number of hydrogen-bond acceptors (Lipinski definition) is 2. The molecule has 1 aromatic carbocycles. The number of benzene rings is 1. The Balaban J connectivity index is 2.80. The van der Waals surface area contributed by atoms with E-state index in [1.165, 1.54) is 27.8 Å². The van der Waals surface area contributed by atoms with Gasteiger partial charge in [-0.1, -0.05) is 32.9 Å². The summed E-state index contributed by atoms with van der Waals surface area (Å²) in [6.07, 6.45) is 0. The molecule has 0 saturated heterocycles. The van der Waals surface area contributed by atoms with Gasteiger partial charge >= 0.3 is 0 Å². The second-order valence-corrected chi connectivity index (χ2v) is 6.35. The fourth-order valence-corrected chi connectivity index (χ4v) is 2.32. The third-order valence-electron chi connectivity index (χ3n) is 3.73. The summed E-state index contributed by atoms with van der Waals surface area (Å²) in [6.45, 7) is 11.9. The molecule has 0 atom stereocenters. The average molecular weight is 256 g/mol. The summed E-state index contributed by atoms with van der Waals surface area (Å²) in [5, 5.41) is 4.53. The molecule has 2 aromatic rings. The minimum Gasteiger partial charge on any atom is -0.316 e. The highest BCUT2D eigenvalue weighted by atomic mass is 14.8. The van der Waals surface area contributed by atoms with Gasteiger partial charge in [-0.2, -0.15) is 0 Å². The molecule has 1 aromatic heterocycles. The Bertz CT molecular complexity index is 607. The highest BCUT2D eigenvalue weighted by Gasteiger charge is 2.18. The summed E-state index contributed by atoms with van der Waals surface area (Å²) in [6, 6.07) is 6.63. The van der Waals surface area contributed by atoms with Gasteiger partial charge in [0, 0.05) is 23.0 Å². The van der Waals surface area contributed by atoms with Crippen molar-refractivity contribution in [3.05, 3.63) is 40.6 Å². The van der Waals surface area contributed by atoms with Crippen molar-refractivity contribution in [2.45, 2.75) is 46.6 Å². The van der Waals surface area contributed by atoms with Crippen LogP contribution in [0.4, 0.5) is 0 Å². The van der Waals surface area contributed by atoms with Crippen molar-refractivity contribution >= 4 is 10.9 Å². The van der Waals surface area contributed by atoms with Crippen LogP contribution >= 0.6 is 0 Å². The van der Waals surface area contributed by atoms with Crippen LogP contribution < -0.4 is 5.32 Å². The number of rotatable bonds is 2. The van der Waals surface area contributed by atoms with Crippen LogP contribution in [-0.4, -0.2) is 12.0 Å². The molecule has 0 bridgehead atoms. The number of pyridine rings is 1. The van der Waals surface area contributed by atoms with Crippen LogP contribution in [0.3, 0.4) is 0 Å². The van der Waals surface area contributed by atoms with E-state index in [-0.39, 0.29) is 5.41 Å². The molecule has 2 heteroatoms. The van der Waals surface area contributed by atoms with Crippen molar-refractivity contribution in [2.24, 2.45) is 0 Å². The predicted octanol–water partition coefficient (Wildman–Crippen LogP) is 3.87. The van der Waals surface area contributed by atoms with Crippen LogP contribution in [0, 0.1) is 13.8 Å². The van der Waals surface area contributed by atoms with Crippen molar-refractivity contribution in [3.63, 3.8) is 0 Å². The van der Waals surface area contributed by atoms with Gasteiger partial charge in [-0.3, -0.25) is 4.98 Å². The third-order valence-corrected chi connectivity index (χ3v) is 3.73. The maximum absolute atomic E-state index is 4.92. The van der Waals surface area contributed by atoms with Crippen molar-refractivity contribution in [1.82, 2.24) is 10.3 Å². The Morgan fingerprint density at radius 1 is 1.16 bits per heavy atom. The molecule has 102 valence electrons. The second-order valence-electron chi connectivity index (χ2n) is 6.35. The summed E-state index contributed by atoms with van der Waals surface area (Å²) in [5.74, 6) is 0. The lowest BCUT2D eigenvalue weighted by Crippen LogP contribution is -2.16. The van der Waals surface area contributed by atoms with E-state index < -0.39 is 0 Å². The number of nitrogens with zero attached hydrogens (tertiary/aromatic N) is 1. The van der Waals surface area contributed by atoms with Crippen LogP contribution in [0.2, 0.25) is 0 Å². The van der Waals surface area contributed by atoms with Crippen LogP contribution in [0.25, 0.3) is 10.9 Å². The van der Waals surface area contributed by atoms with Crippen molar-refractivity contribution < 1.29 is 0 Å². The van der Waals surface area contributed by atoms with E-state index in [9.17, 15) is 0 Å². The molecule has 0 radical (unpaired) electrons. The molecule has 0 aliphatic carbocycles. The van der Waals surface area contributed by atoms with Crippen molar-refractivity contribution in [2.75, 3.05) is 7.05 Å². The Morgan fingerprint density at radius 3 is 2.42 bits per heavy atom. The third kappa shape index (κ3) is 2.64. The number of nitrogens with one attached hydrogen (secondary N) is 1. The smallest absolute Gasteiger partial charge is 0.0740 e. The van der Waals surface area contributed by atoms with E-state index in [1.54, 1.807) is 0 Å². The SMILES string of the molecule is CNCc1cc(C(C)(C)C)nc2c(C)c(C)ccc12. The first-order valence-corrected chi connectivity index (χ1v) is 6.89. The number of aryl methyl sites for hydroxylation is 2. The molecule has 1 N–H and O–H groups in total. The van der Waals surface area contributed by atoms with Gasteiger partial charge < -0.3 is 5.32 Å². The Kier molecular flexibility index (Phi) is 3.64. The first-order valence-electron chi connectivity index (χ1n) is 6.89. The van der Waals surface area contributed by atoms with E-state index in [0.717, 1.165) is 12.1 Å². The maximum Gasteiger partial charge on any atom is 0.0740 e. The molecule has 0 amide bonds. The van der Waals surface area contributed by atoms with Gasteiger partial charge in [0.2, 0.25) is 0 Å². The van der Waals surface area contributed by atoms with E-state index in [4.69, 9.17) is 4.98 Å². The quantitative estimate of drug-likeness (QED) is 0.882. The summed E-state index contributed by atoms with van der Waals surface area (Å²) >= 11 is 0. The first kappa shape index (κ1) is 14.0. The molecular weight excluding hydrogens is 232 g/mol. The summed E-state index contributed by atoms with van der Waals surface area (Å²) in [5.41, 5.74) is 6.33. The molecule has 1 heterocycles. The highest BCUT2D eigenvalue weighted by molar-refractivity contribution is 5.86. The average Bonchev–Trinajstić information content (AvgIpc) is 2.33. The Hall–Kier alpha value is -1.41. The molecule has 19 heavy (non-hydrogen) atoms. The Morgan fingerprint density at radius 2 is 1.84 bits per heavy atom. The van der Waals surface area contributed by atoms with E-state index in [0.29, 0.717) is 0 Å². The van der Waals surface area contributed by atoms with Crippen LogP contribution in [0.5, 0.6) is 0 Å². The zero-order valence-corrected chi connectivity index (χ0v) is 12.9. The molecule has 0 fully saturated rings. The minimum absolute atomic E-state index is 0.0763. The summed E-state index contributed by atoms with van der Waals surface area (Å²) in [7, 11) is 1.99. The fraction of sp³-hybridized carbons (Fsp3) is 0.471. The summed E-state index contributed by atoms with van der Waals surface area (Å²) in [4.78, 5) is 4.92. The molecular formula is C17H24N2. The van der Waals surface area contributed by atoms with Crippen LogP contribution in [0.1, 0.15) is 43.2 Å². The molecule has 2 nitrogen and oxygen atoms in total. The zero-order valence-electron chi connectivity index (χ0n) is 12.9. The maximum atomic E-state index is 4.92. The van der Waals surface area contributed by atoms with Gasteiger partial charge in [-0.25, -0.2) is 0 Å². The van der Waals surface area contributed by atoms with Gasteiger partial charge in [0.15, 0.2) is 0 Å². The topological polar surface area (TPSA) is 24.9 Å². The molecule has 0 spiro atoms. The van der Waals surface area contributed by atoms with E-state index >= 15 is 0 Å². The number of fused-ring (bicyclic) bond motifs is 1. The Labute approximate surface area is 116 Å². The lowest BCUT2D eigenvalue weighted by Gasteiger charge is -2.21. The summed E-state index contributed by atoms with van der Waals surface area (Å²) < 4.78 is 0. The lowest BCUT2D eigenvalue weighted by atomic mass is 9.89. The normalized spacial score (nSPS) is 12.1.